The first-order valence-electron chi connectivity index (χ1n) is 11.1. The van der Waals surface area contributed by atoms with E-state index in [-0.39, 0.29) is 23.5 Å². The average molecular weight is 478 g/mol. The van der Waals surface area contributed by atoms with Gasteiger partial charge in [-0.15, -0.1) is 0 Å². The van der Waals surface area contributed by atoms with E-state index >= 15 is 0 Å². The number of anilines is 1. The highest BCUT2D eigenvalue weighted by atomic mass is 32.2. The first-order valence-corrected chi connectivity index (χ1v) is 12.5. The molecule has 3 atom stereocenters. The lowest BCUT2D eigenvalue weighted by Gasteiger charge is -2.44. The van der Waals surface area contributed by atoms with E-state index in [1.54, 1.807) is 6.07 Å². The summed E-state index contributed by atoms with van der Waals surface area (Å²) in [5.74, 6) is -0.592. The van der Waals surface area contributed by atoms with E-state index in [4.69, 9.17) is 0 Å². The highest BCUT2D eigenvalue weighted by molar-refractivity contribution is 7.89. The number of benzene rings is 3. The van der Waals surface area contributed by atoms with Crippen LogP contribution < -0.4 is 4.90 Å². The van der Waals surface area contributed by atoms with E-state index in [0.717, 1.165) is 34.5 Å². The van der Waals surface area contributed by atoms with Crippen molar-refractivity contribution in [3.05, 3.63) is 83.7 Å². The number of nitrogens with zero attached hydrogens (tertiary/aromatic N) is 3. The summed E-state index contributed by atoms with van der Waals surface area (Å²) in [6.07, 6.45) is 0.605. The molecule has 3 aromatic rings. The quantitative estimate of drug-likeness (QED) is 0.616. The molecule has 0 amide bonds. The van der Waals surface area contributed by atoms with Gasteiger partial charge in [0.25, 0.3) is 0 Å². The minimum absolute atomic E-state index is 0.0495. The van der Waals surface area contributed by atoms with Gasteiger partial charge in [-0.3, -0.25) is 0 Å². The summed E-state index contributed by atoms with van der Waals surface area (Å²) in [7, 11) is -1.96. The topological polar surface area (TPSA) is 84.6 Å². The molecule has 1 N–H and O–H groups in total. The van der Waals surface area contributed by atoms with Gasteiger partial charge in [0.1, 0.15) is 5.82 Å². The molecule has 0 bridgehead atoms. The molecule has 1 fully saturated rings. The maximum atomic E-state index is 13.6. The number of nitriles is 1. The molecular formula is C26H24FN3O3S. The SMILES string of the molecule is CN1c2ccc(-c3cccc(C#N)c3)cc2[C@@H]2[C@@H](CCN2S(=O)(=O)c2ccc(F)cc2)[C@@H]1CO. The molecule has 3 aromatic carbocycles. The first kappa shape index (κ1) is 22.5. The maximum Gasteiger partial charge on any atom is 0.243 e. The number of halogens is 1. The van der Waals surface area contributed by atoms with Crippen LogP contribution in [0.1, 0.15) is 23.6 Å². The van der Waals surface area contributed by atoms with Crippen molar-refractivity contribution in [2.24, 2.45) is 5.92 Å². The van der Waals surface area contributed by atoms with Crippen LogP contribution in [0.2, 0.25) is 0 Å². The Kier molecular flexibility index (Phi) is 5.64. The van der Waals surface area contributed by atoms with Crippen molar-refractivity contribution < 1.29 is 17.9 Å². The normalized spacial score (nSPS) is 22.2. The van der Waals surface area contributed by atoms with E-state index in [0.29, 0.717) is 18.5 Å². The van der Waals surface area contributed by atoms with E-state index < -0.39 is 21.9 Å². The lowest BCUT2D eigenvalue weighted by molar-refractivity contribution is 0.193. The third-order valence-corrected chi connectivity index (χ3v) is 8.94. The highest BCUT2D eigenvalue weighted by Gasteiger charge is 2.50. The Morgan fingerprint density at radius 3 is 2.53 bits per heavy atom. The summed E-state index contributed by atoms with van der Waals surface area (Å²) in [5.41, 5.74) is 4.03. The Morgan fingerprint density at radius 2 is 1.82 bits per heavy atom. The van der Waals surface area contributed by atoms with Crippen molar-refractivity contribution in [1.82, 2.24) is 4.31 Å². The molecule has 1 saturated heterocycles. The second-order valence-electron chi connectivity index (χ2n) is 8.79. The predicted octanol–water partition coefficient (Wildman–Crippen LogP) is 3.93. The molecule has 8 heteroatoms. The number of sulfonamides is 1. The fraction of sp³-hybridized carbons (Fsp3) is 0.269. The van der Waals surface area contributed by atoms with E-state index in [2.05, 4.69) is 6.07 Å². The fourth-order valence-electron chi connectivity index (χ4n) is 5.37. The second kappa shape index (κ2) is 8.51. The Labute approximate surface area is 198 Å². The van der Waals surface area contributed by atoms with Gasteiger partial charge >= 0.3 is 0 Å². The van der Waals surface area contributed by atoms with E-state index in [9.17, 15) is 23.2 Å². The molecule has 2 aliphatic rings. The largest absolute Gasteiger partial charge is 0.394 e. The van der Waals surface area contributed by atoms with Crippen molar-refractivity contribution >= 4 is 15.7 Å². The number of fused-ring (bicyclic) bond motifs is 3. The molecule has 5 rings (SSSR count). The van der Waals surface area contributed by atoms with Crippen molar-refractivity contribution in [2.45, 2.75) is 23.4 Å². The first-order chi connectivity index (χ1) is 16.3. The molecule has 0 aliphatic carbocycles. The van der Waals surface area contributed by atoms with Crippen LogP contribution in [0.5, 0.6) is 0 Å². The summed E-state index contributed by atoms with van der Waals surface area (Å²) in [5, 5.41) is 19.5. The van der Waals surface area contributed by atoms with Gasteiger partial charge in [0.15, 0.2) is 0 Å². The smallest absolute Gasteiger partial charge is 0.243 e. The molecule has 0 saturated carbocycles. The van der Waals surface area contributed by atoms with Crippen molar-refractivity contribution in [3.63, 3.8) is 0 Å². The Hall–Kier alpha value is -3.25. The summed E-state index contributed by atoms with van der Waals surface area (Å²) >= 11 is 0. The molecule has 2 heterocycles. The van der Waals surface area contributed by atoms with Crippen LogP contribution in [-0.4, -0.2) is 44.1 Å². The molecule has 0 spiro atoms. The van der Waals surface area contributed by atoms with E-state index in [1.807, 2.05) is 48.3 Å². The molecular weight excluding hydrogens is 453 g/mol. The van der Waals surface area contributed by atoms with Crippen LogP contribution in [-0.2, 0) is 10.0 Å². The number of rotatable bonds is 4. The van der Waals surface area contributed by atoms with Crippen LogP contribution in [0, 0.1) is 23.1 Å². The van der Waals surface area contributed by atoms with Crippen molar-refractivity contribution in [1.29, 1.82) is 5.26 Å². The minimum atomic E-state index is -3.88. The third kappa shape index (κ3) is 3.57. The maximum absolute atomic E-state index is 13.6. The lowest BCUT2D eigenvalue weighted by Crippen LogP contribution is -2.48. The van der Waals surface area contributed by atoms with Crippen LogP contribution in [0.3, 0.4) is 0 Å². The zero-order chi connectivity index (χ0) is 24.0. The number of likely N-dealkylation sites (N-methyl/N-ethyl adjacent to an activating group) is 1. The van der Waals surface area contributed by atoms with Crippen molar-refractivity contribution in [2.75, 3.05) is 25.1 Å². The summed E-state index contributed by atoms with van der Waals surface area (Å²) in [6, 6.07) is 19.6. The number of hydrogen-bond donors (Lipinski definition) is 1. The highest BCUT2D eigenvalue weighted by Crippen LogP contribution is 2.51. The Balaban J connectivity index is 1.64. The number of aliphatic hydroxyl groups excluding tert-OH is 1. The van der Waals surface area contributed by atoms with Gasteiger partial charge in [-0.05, 0) is 71.6 Å². The zero-order valence-corrected chi connectivity index (χ0v) is 19.4. The molecule has 174 valence electrons. The Bertz CT molecular complexity index is 1390. The molecule has 34 heavy (non-hydrogen) atoms. The van der Waals surface area contributed by atoms with Gasteiger partial charge in [0.2, 0.25) is 10.0 Å². The minimum Gasteiger partial charge on any atom is -0.394 e. The van der Waals surface area contributed by atoms with Gasteiger partial charge in [0, 0.05) is 25.2 Å². The zero-order valence-electron chi connectivity index (χ0n) is 18.6. The van der Waals surface area contributed by atoms with Crippen molar-refractivity contribution in [3.8, 4) is 17.2 Å². The molecule has 2 aliphatic heterocycles. The number of aliphatic hydroxyl groups is 1. The predicted molar refractivity (Wildman–Crippen MR) is 127 cm³/mol. The average Bonchev–Trinajstić information content (AvgIpc) is 3.30. The van der Waals surface area contributed by atoms with Gasteiger partial charge in [-0.25, -0.2) is 12.8 Å². The fourth-order valence-corrected chi connectivity index (χ4v) is 7.04. The van der Waals surface area contributed by atoms with E-state index in [1.165, 1.54) is 16.4 Å². The van der Waals surface area contributed by atoms with Crippen LogP contribution in [0.4, 0.5) is 10.1 Å². The summed E-state index contributed by atoms with van der Waals surface area (Å²) < 4.78 is 42.2. The third-order valence-electron chi connectivity index (χ3n) is 7.05. The number of hydrogen-bond acceptors (Lipinski definition) is 5. The second-order valence-corrected chi connectivity index (χ2v) is 10.7. The van der Waals surface area contributed by atoms with Gasteiger partial charge < -0.3 is 10.0 Å². The molecule has 0 aromatic heterocycles. The Morgan fingerprint density at radius 1 is 1.09 bits per heavy atom. The van der Waals surface area contributed by atoms with Gasteiger partial charge in [-0.2, -0.15) is 9.57 Å². The summed E-state index contributed by atoms with van der Waals surface area (Å²) in [6.45, 7) is 0.223. The monoisotopic (exact) mass is 477 g/mol. The molecule has 0 radical (unpaired) electrons. The molecule has 6 nitrogen and oxygen atoms in total. The van der Waals surface area contributed by atoms with Crippen LogP contribution in [0.15, 0.2) is 71.6 Å². The standard InChI is InChI=1S/C26H24FN3O3S/c1-29-24-10-5-19(18-4-2-3-17(13-18)15-28)14-23(24)26-22(25(29)16-31)11-12-30(26)34(32,33)21-8-6-20(27)7-9-21/h2-10,13-14,22,25-26,31H,11-12,16H2,1H3/t22-,25-,26-/m0/s1. The molecule has 0 unspecified atom stereocenters. The van der Waals surface area contributed by atoms with Gasteiger partial charge in [0.05, 0.1) is 35.2 Å². The summed E-state index contributed by atoms with van der Waals surface area (Å²) in [4.78, 5) is 2.08. The van der Waals surface area contributed by atoms with Crippen LogP contribution in [0.25, 0.3) is 11.1 Å². The van der Waals surface area contributed by atoms with Crippen LogP contribution >= 0.6 is 0 Å². The lowest BCUT2D eigenvalue weighted by atomic mass is 9.81. The van der Waals surface area contributed by atoms with Gasteiger partial charge in [-0.1, -0.05) is 18.2 Å².